The van der Waals surface area contributed by atoms with Crippen LogP contribution in [-0.4, -0.2) is 32.6 Å². The minimum absolute atomic E-state index is 0.0924. The van der Waals surface area contributed by atoms with E-state index in [-0.39, 0.29) is 22.3 Å². The molecule has 0 radical (unpaired) electrons. The van der Waals surface area contributed by atoms with Crippen LogP contribution in [0.2, 0.25) is 0 Å². The summed E-state index contributed by atoms with van der Waals surface area (Å²) in [4.78, 5) is 10.8. The van der Waals surface area contributed by atoms with Crippen LogP contribution in [0.4, 0.5) is 0 Å². The van der Waals surface area contributed by atoms with Gasteiger partial charge in [0.1, 0.15) is 10.6 Å². The first kappa shape index (κ1) is 14.8. The number of hydrogen-bond acceptors (Lipinski definition) is 4. The number of sulfonamides is 1. The van der Waals surface area contributed by atoms with Gasteiger partial charge in [0.15, 0.2) is 0 Å². The third-order valence-electron chi connectivity index (χ3n) is 3.37. The molecule has 1 aromatic rings. The molecule has 1 fully saturated rings. The molecule has 1 aromatic carbocycles. The Morgan fingerprint density at radius 3 is 2.60 bits per heavy atom. The molecule has 7 heteroatoms. The smallest absolute Gasteiger partial charge is 0.335 e. The van der Waals surface area contributed by atoms with Gasteiger partial charge in [-0.05, 0) is 43.9 Å². The van der Waals surface area contributed by atoms with Crippen LogP contribution in [0, 0.1) is 5.92 Å². The number of rotatable bonds is 6. The molecule has 110 valence electrons. The number of carbonyl (C=O) groups is 1. The van der Waals surface area contributed by atoms with E-state index >= 15 is 0 Å². The number of aromatic carboxylic acids is 1. The molecule has 1 unspecified atom stereocenters. The van der Waals surface area contributed by atoms with Crippen molar-refractivity contribution in [3.05, 3.63) is 23.8 Å². The summed E-state index contributed by atoms with van der Waals surface area (Å²) >= 11 is 0. The molecule has 0 spiro atoms. The average molecular weight is 299 g/mol. The standard InChI is InChI=1S/C13H17NO5S/c1-8(9-3-4-9)14-20(17,18)12-7-10(13(15)16)5-6-11(12)19-2/h5-9,14H,3-4H2,1-2H3,(H,15,16). The monoisotopic (exact) mass is 299 g/mol. The summed E-state index contributed by atoms with van der Waals surface area (Å²) in [5.74, 6) is -0.691. The third kappa shape index (κ3) is 3.10. The van der Waals surface area contributed by atoms with E-state index in [1.807, 2.05) is 6.92 Å². The van der Waals surface area contributed by atoms with Crippen LogP contribution >= 0.6 is 0 Å². The highest BCUT2D eigenvalue weighted by Crippen LogP contribution is 2.33. The molecular weight excluding hydrogens is 282 g/mol. The number of hydrogen-bond donors (Lipinski definition) is 2. The Morgan fingerprint density at radius 1 is 1.45 bits per heavy atom. The number of carboxylic acids is 1. The zero-order valence-electron chi connectivity index (χ0n) is 11.3. The summed E-state index contributed by atoms with van der Waals surface area (Å²) in [7, 11) is -2.46. The second-order valence-corrected chi connectivity index (χ2v) is 6.60. The van der Waals surface area contributed by atoms with Gasteiger partial charge in [0.05, 0.1) is 12.7 Å². The molecule has 0 bridgehead atoms. The van der Waals surface area contributed by atoms with E-state index in [1.54, 1.807) is 0 Å². The van der Waals surface area contributed by atoms with Crippen molar-refractivity contribution < 1.29 is 23.1 Å². The second kappa shape index (κ2) is 5.41. The van der Waals surface area contributed by atoms with Crippen molar-refractivity contribution in [1.82, 2.24) is 4.72 Å². The molecule has 2 N–H and O–H groups in total. The second-order valence-electron chi connectivity index (χ2n) is 4.92. The Morgan fingerprint density at radius 2 is 2.10 bits per heavy atom. The Kier molecular flexibility index (Phi) is 4.01. The van der Waals surface area contributed by atoms with E-state index in [1.165, 1.54) is 19.2 Å². The van der Waals surface area contributed by atoms with E-state index in [4.69, 9.17) is 9.84 Å². The fourth-order valence-corrected chi connectivity index (χ4v) is 3.53. The van der Waals surface area contributed by atoms with Crippen LogP contribution < -0.4 is 9.46 Å². The Balaban J connectivity index is 2.37. The van der Waals surface area contributed by atoms with Crippen LogP contribution in [-0.2, 0) is 10.0 Å². The molecule has 1 aliphatic rings. The van der Waals surface area contributed by atoms with E-state index in [0.29, 0.717) is 5.92 Å². The van der Waals surface area contributed by atoms with Crippen molar-refractivity contribution >= 4 is 16.0 Å². The first-order valence-electron chi connectivity index (χ1n) is 6.29. The lowest BCUT2D eigenvalue weighted by molar-refractivity contribution is 0.0696. The summed E-state index contributed by atoms with van der Waals surface area (Å²) in [5.41, 5.74) is -0.0924. The van der Waals surface area contributed by atoms with E-state index < -0.39 is 16.0 Å². The first-order chi connectivity index (χ1) is 9.35. The number of ether oxygens (including phenoxy) is 1. The Bertz CT molecular complexity index is 622. The number of methoxy groups -OCH3 is 1. The van der Waals surface area contributed by atoms with Crippen LogP contribution in [0.15, 0.2) is 23.1 Å². The molecule has 1 saturated carbocycles. The molecule has 2 rings (SSSR count). The normalized spacial score (nSPS) is 16.7. The zero-order valence-corrected chi connectivity index (χ0v) is 12.1. The lowest BCUT2D eigenvalue weighted by Gasteiger charge is -2.15. The summed E-state index contributed by atoms with van der Waals surface area (Å²) in [5, 5.41) is 8.96. The van der Waals surface area contributed by atoms with Crippen LogP contribution in [0.3, 0.4) is 0 Å². The van der Waals surface area contributed by atoms with Crippen molar-refractivity contribution in [2.45, 2.75) is 30.7 Å². The fraction of sp³-hybridized carbons (Fsp3) is 0.462. The van der Waals surface area contributed by atoms with Gasteiger partial charge in [-0.25, -0.2) is 17.9 Å². The molecule has 0 amide bonds. The van der Waals surface area contributed by atoms with Gasteiger partial charge in [0.25, 0.3) is 0 Å². The molecule has 6 nitrogen and oxygen atoms in total. The number of benzene rings is 1. The Hall–Kier alpha value is -1.60. The van der Waals surface area contributed by atoms with Gasteiger partial charge in [-0.2, -0.15) is 0 Å². The molecule has 0 heterocycles. The highest BCUT2D eigenvalue weighted by molar-refractivity contribution is 7.89. The topological polar surface area (TPSA) is 92.7 Å². The van der Waals surface area contributed by atoms with Crippen molar-refractivity contribution in [3.63, 3.8) is 0 Å². The van der Waals surface area contributed by atoms with E-state index in [2.05, 4.69) is 4.72 Å². The first-order valence-corrected chi connectivity index (χ1v) is 7.77. The van der Waals surface area contributed by atoms with Crippen LogP contribution in [0.5, 0.6) is 5.75 Å². The van der Waals surface area contributed by atoms with Gasteiger partial charge in [0, 0.05) is 6.04 Å². The summed E-state index contributed by atoms with van der Waals surface area (Å²) in [6.45, 7) is 1.81. The van der Waals surface area contributed by atoms with Gasteiger partial charge in [0.2, 0.25) is 10.0 Å². The van der Waals surface area contributed by atoms with Gasteiger partial charge in [-0.15, -0.1) is 0 Å². The number of carboxylic acid groups (broad SMARTS) is 1. The number of nitrogens with one attached hydrogen (secondary N) is 1. The molecule has 1 atom stereocenters. The lowest BCUT2D eigenvalue weighted by Crippen LogP contribution is -2.34. The van der Waals surface area contributed by atoms with Crippen molar-refractivity contribution in [2.75, 3.05) is 7.11 Å². The SMILES string of the molecule is COc1ccc(C(=O)O)cc1S(=O)(=O)NC(C)C1CC1. The van der Waals surface area contributed by atoms with Crippen molar-refractivity contribution in [1.29, 1.82) is 0 Å². The predicted octanol–water partition coefficient (Wildman–Crippen LogP) is 1.47. The quantitative estimate of drug-likeness (QED) is 0.829. The molecule has 20 heavy (non-hydrogen) atoms. The third-order valence-corrected chi connectivity index (χ3v) is 4.95. The van der Waals surface area contributed by atoms with Crippen LogP contribution in [0.25, 0.3) is 0 Å². The zero-order chi connectivity index (χ0) is 14.9. The van der Waals surface area contributed by atoms with Crippen LogP contribution in [0.1, 0.15) is 30.1 Å². The van der Waals surface area contributed by atoms with E-state index in [0.717, 1.165) is 18.9 Å². The fourth-order valence-electron chi connectivity index (χ4n) is 2.02. The van der Waals surface area contributed by atoms with Gasteiger partial charge < -0.3 is 9.84 Å². The van der Waals surface area contributed by atoms with Crippen molar-refractivity contribution in [2.24, 2.45) is 5.92 Å². The molecule has 1 aliphatic carbocycles. The highest BCUT2D eigenvalue weighted by Gasteiger charge is 2.32. The maximum absolute atomic E-state index is 12.3. The Labute approximate surface area is 117 Å². The maximum atomic E-state index is 12.3. The largest absolute Gasteiger partial charge is 0.495 e. The van der Waals surface area contributed by atoms with Crippen molar-refractivity contribution in [3.8, 4) is 5.75 Å². The summed E-state index contributed by atoms with van der Waals surface area (Å²) in [6.07, 6.45) is 2.02. The molecule has 0 saturated heterocycles. The average Bonchev–Trinajstić information content (AvgIpc) is 3.21. The highest BCUT2D eigenvalue weighted by atomic mass is 32.2. The minimum Gasteiger partial charge on any atom is -0.495 e. The summed E-state index contributed by atoms with van der Waals surface area (Å²) in [6, 6.07) is 3.60. The minimum atomic E-state index is -3.80. The van der Waals surface area contributed by atoms with Gasteiger partial charge in [-0.1, -0.05) is 0 Å². The van der Waals surface area contributed by atoms with Gasteiger partial charge >= 0.3 is 5.97 Å². The molecule has 0 aliphatic heterocycles. The van der Waals surface area contributed by atoms with Gasteiger partial charge in [-0.3, -0.25) is 0 Å². The predicted molar refractivity (Wildman–Crippen MR) is 72.5 cm³/mol. The maximum Gasteiger partial charge on any atom is 0.335 e. The lowest BCUT2D eigenvalue weighted by atomic mass is 10.2. The molecular formula is C13H17NO5S. The summed E-state index contributed by atoms with van der Waals surface area (Å²) < 4.78 is 32.3. The molecule has 0 aromatic heterocycles. The van der Waals surface area contributed by atoms with E-state index in [9.17, 15) is 13.2 Å².